The molecule has 3 nitrogen and oxygen atoms in total. The zero-order chi connectivity index (χ0) is 9.52. The maximum Gasteiger partial charge on any atom is 0.302 e. The maximum absolute atomic E-state index is 11.0. The number of amides is 2. The van der Waals surface area contributed by atoms with Gasteiger partial charge in [-0.25, -0.2) is 0 Å². The van der Waals surface area contributed by atoms with E-state index in [0.717, 1.165) is 0 Å². The number of carbonyl (C=O) groups is 1. The van der Waals surface area contributed by atoms with Crippen LogP contribution in [-0.4, -0.2) is 20.0 Å². The normalized spacial score (nSPS) is 18.5. The van der Waals surface area contributed by atoms with Crippen molar-refractivity contribution in [2.45, 2.75) is 38.4 Å². The van der Waals surface area contributed by atoms with Crippen molar-refractivity contribution in [3.05, 3.63) is 0 Å². The second-order valence-electron chi connectivity index (χ2n) is 3.11. The standard InChI is InChI=1S/C8H16BN2O/c1-2-10-8(12)11-9-7-5-3-4-6-7/h7H,2-6H2,1H3,(H2,10,11,12)/i1T. The van der Waals surface area contributed by atoms with Crippen LogP contribution in [0.5, 0.6) is 0 Å². The summed E-state index contributed by atoms with van der Waals surface area (Å²) in [5.74, 6) is 0.557. The van der Waals surface area contributed by atoms with Gasteiger partial charge >= 0.3 is 6.03 Å². The van der Waals surface area contributed by atoms with E-state index in [1.54, 1.807) is 0 Å². The van der Waals surface area contributed by atoms with Crippen molar-refractivity contribution in [3.63, 3.8) is 0 Å². The van der Waals surface area contributed by atoms with E-state index >= 15 is 0 Å². The molecule has 0 bridgehead atoms. The quantitative estimate of drug-likeness (QED) is 0.614. The molecular formula is C8H16BN2O. The van der Waals surface area contributed by atoms with Crippen molar-refractivity contribution in [2.24, 2.45) is 0 Å². The van der Waals surface area contributed by atoms with Gasteiger partial charge in [0.2, 0.25) is 0 Å². The summed E-state index contributed by atoms with van der Waals surface area (Å²) in [6.45, 7) is 0.654. The highest BCUT2D eigenvalue weighted by Gasteiger charge is 2.16. The first-order valence-electron chi connectivity index (χ1n) is 5.20. The van der Waals surface area contributed by atoms with Crippen molar-refractivity contribution in [1.82, 2.24) is 10.5 Å². The smallest absolute Gasteiger partial charge is 0.302 e. The van der Waals surface area contributed by atoms with Gasteiger partial charge in [-0.2, -0.15) is 0 Å². The van der Waals surface area contributed by atoms with Crippen LogP contribution in [0.2, 0.25) is 5.82 Å². The first-order valence-corrected chi connectivity index (χ1v) is 4.50. The molecule has 0 aromatic rings. The molecule has 0 heterocycles. The highest BCUT2D eigenvalue weighted by Crippen LogP contribution is 2.28. The summed E-state index contributed by atoms with van der Waals surface area (Å²) in [6.07, 6.45) is 4.94. The van der Waals surface area contributed by atoms with Crippen LogP contribution in [0.3, 0.4) is 0 Å². The van der Waals surface area contributed by atoms with E-state index in [1.165, 1.54) is 25.7 Å². The van der Waals surface area contributed by atoms with Crippen LogP contribution in [0.15, 0.2) is 0 Å². The fraction of sp³-hybridized carbons (Fsp3) is 0.875. The Morgan fingerprint density at radius 2 is 2.42 bits per heavy atom. The average Bonchev–Trinajstić information content (AvgIpc) is 2.64. The third-order valence-electron chi connectivity index (χ3n) is 2.14. The average molecular weight is 169 g/mol. The van der Waals surface area contributed by atoms with Crippen LogP contribution in [-0.2, 0) is 0 Å². The second kappa shape index (κ2) is 5.06. The molecule has 4 heteroatoms. The van der Waals surface area contributed by atoms with Gasteiger partial charge in [-0.05, 0) is 12.7 Å². The fourth-order valence-corrected chi connectivity index (χ4v) is 1.48. The van der Waals surface area contributed by atoms with Gasteiger partial charge in [0.1, 0.15) is 0 Å². The van der Waals surface area contributed by atoms with Crippen LogP contribution < -0.4 is 10.5 Å². The Bertz CT molecular complexity index is 162. The molecule has 0 aliphatic heterocycles. The minimum atomic E-state index is -0.181. The minimum Gasteiger partial charge on any atom is -0.386 e. The van der Waals surface area contributed by atoms with Gasteiger partial charge in [-0.15, -0.1) is 0 Å². The Kier molecular flexibility index (Phi) is 3.36. The van der Waals surface area contributed by atoms with Crippen LogP contribution >= 0.6 is 0 Å². The lowest BCUT2D eigenvalue weighted by molar-refractivity contribution is 0.246. The predicted octanol–water partition coefficient (Wildman–Crippen LogP) is 1.29. The molecule has 1 fully saturated rings. The first kappa shape index (κ1) is 7.96. The number of urea groups is 1. The molecule has 1 rings (SSSR count). The van der Waals surface area contributed by atoms with Gasteiger partial charge in [-0.1, -0.05) is 25.7 Å². The lowest BCUT2D eigenvalue weighted by Gasteiger charge is -2.08. The molecule has 12 heavy (non-hydrogen) atoms. The molecule has 1 radical (unpaired) electrons. The molecule has 0 aromatic carbocycles. The number of rotatable bonds is 3. The first-order chi connectivity index (χ1) is 6.33. The van der Waals surface area contributed by atoms with Crippen molar-refractivity contribution in [2.75, 3.05) is 6.54 Å². The molecule has 2 N–H and O–H groups in total. The second-order valence-corrected chi connectivity index (χ2v) is 3.11. The maximum atomic E-state index is 11.0. The largest absolute Gasteiger partial charge is 0.386 e. The Labute approximate surface area is 76.0 Å². The van der Waals surface area contributed by atoms with Gasteiger partial charge in [0.15, 0.2) is 0 Å². The van der Waals surface area contributed by atoms with Gasteiger partial charge < -0.3 is 10.5 Å². The summed E-state index contributed by atoms with van der Waals surface area (Å²) in [5.41, 5.74) is 0. The number of nitrogens with one attached hydrogen (secondary N) is 2. The monoisotopic (exact) mass is 169 g/mol. The molecule has 1 aliphatic rings. The lowest BCUT2D eigenvalue weighted by atomic mass is 9.74. The van der Waals surface area contributed by atoms with Gasteiger partial charge in [0.05, 0.1) is 0 Å². The minimum absolute atomic E-state index is 0.181. The number of carbonyl (C=O) groups excluding carboxylic acids is 1. The van der Waals surface area contributed by atoms with Gasteiger partial charge in [-0.3, -0.25) is 4.79 Å². The summed E-state index contributed by atoms with van der Waals surface area (Å²) >= 11 is 0. The van der Waals surface area contributed by atoms with Crippen molar-refractivity contribution in [3.8, 4) is 0 Å². The van der Waals surface area contributed by atoms with Crippen LogP contribution in [0.4, 0.5) is 4.79 Å². The lowest BCUT2D eigenvalue weighted by Crippen LogP contribution is -2.38. The molecule has 0 aromatic heterocycles. The van der Waals surface area contributed by atoms with Crippen molar-refractivity contribution >= 4 is 13.4 Å². The molecule has 1 saturated carbocycles. The zero-order valence-electron chi connectivity index (χ0n) is 8.31. The summed E-state index contributed by atoms with van der Waals surface area (Å²) in [7, 11) is 1.88. The van der Waals surface area contributed by atoms with Gasteiger partial charge in [0, 0.05) is 7.92 Å². The fourth-order valence-electron chi connectivity index (χ4n) is 1.48. The summed E-state index contributed by atoms with van der Waals surface area (Å²) in [4.78, 5) is 11.0. The molecule has 2 amide bonds. The van der Waals surface area contributed by atoms with E-state index < -0.39 is 0 Å². The van der Waals surface area contributed by atoms with E-state index in [0.29, 0.717) is 12.4 Å². The molecule has 0 atom stereocenters. The van der Waals surface area contributed by atoms with Crippen LogP contribution in [0.25, 0.3) is 0 Å². The van der Waals surface area contributed by atoms with Gasteiger partial charge in [0.25, 0.3) is 7.41 Å². The summed E-state index contributed by atoms with van der Waals surface area (Å²) < 4.78 is 6.84. The molecule has 0 unspecified atom stereocenters. The van der Waals surface area contributed by atoms with Crippen molar-refractivity contribution in [1.29, 1.82) is 0 Å². The summed E-state index contributed by atoms with van der Waals surface area (Å²) in [6, 6.07) is -0.181. The Hall–Kier alpha value is -0.665. The van der Waals surface area contributed by atoms with E-state index in [2.05, 4.69) is 10.5 Å². The van der Waals surface area contributed by atoms with Crippen LogP contribution in [0.1, 0.15) is 34.0 Å². The molecule has 1 aliphatic carbocycles. The third kappa shape index (κ3) is 3.16. The molecule has 0 saturated heterocycles. The molecule has 0 spiro atoms. The zero-order valence-corrected chi connectivity index (χ0v) is 7.31. The topological polar surface area (TPSA) is 41.1 Å². The number of hydrogen-bond donors (Lipinski definition) is 2. The molecular weight excluding hydrogens is 151 g/mol. The highest BCUT2D eigenvalue weighted by molar-refractivity contribution is 6.38. The predicted molar refractivity (Wildman–Crippen MR) is 50.2 cm³/mol. The van der Waals surface area contributed by atoms with E-state index in [9.17, 15) is 4.79 Å². The Morgan fingerprint density at radius 3 is 3.08 bits per heavy atom. The van der Waals surface area contributed by atoms with E-state index in [1.807, 2.05) is 7.41 Å². The van der Waals surface area contributed by atoms with Crippen molar-refractivity contribution < 1.29 is 6.17 Å². The van der Waals surface area contributed by atoms with E-state index in [-0.39, 0.29) is 12.9 Å². The SMILES string of the molecule is [3H]CCNC(=O)N[B]C1CCCC1. The summed E-state index contributed by atoms with van der Waals surface area (Å²) in [5, 5.41) is 5.29. The Morgan fingerprint density at radius 1 is 1.67 bits per heavy atom. The third-order valence-corrected chi connectivity index (χ3v) is 2.14. The highest BCUT2D eigenvalue weighted by atomic mass is 16.2. The number of hydrogen-bond acceptors (Lipinski definition) is 1. The molecule has 67 valence electrons. The Balaban J connectivity index is 2.00. The van der Waals surface area contributed by atoms with Crippen LogP contribution in [0, 0.1) is 0 Å². The van der Waals surface area contributed by atoms with E-state index in [4.69, 9.17) is 1.37 Å².